The van der Waals surface area contributed by atoms with Crippen molar-refractivity contribution in [3.05, 3.63) is 33.8 Å². The van der Waals surface area contributed by atoms with Crippen molar-refractivity contribution in [2.75, 3.05) is 13.1 Å². The molecule has 0 amide bonds. The minimum Gasteiger partial charge on any atom is -0.328 e. The van der Waals surface area contributed by atoms with E-state index in [1.54, 1.807) is 22.5 Å². The number of hydrogen-bond acceptors (Lipinski definition) is 3. The normalized spacial score (nSPS) is 22.2. The molecule has 0 radical (unpaired) electrons. The number of sulfonamides is 1. The summed E-state index contributed by atoms with van der Waals surface area (Å²) in [4.78, 5) is 0. The van der Waals surface area contributed by atoms with E-state index < -0.39 is 10.0 Å². The number of hydrogen-bond donors (Lipinski definition) is 1. The molecule has 0 aliphatic carbocycles. The van der Waals surface area contributed by atoms with E-state index in [0.717, 1.165) is 12.8 Å². The zero-order chi connectivity index (χ0) is 15.6. The molecule has 1 aromatic rings. The highest BCUT2D eigenvalue weighted by Gasteiger charge is 2.30. The first-order chi connectivity index (χ1) is 9.79. The Morgan fingerprint density at radius 3 is 2.71 bits per heavy atom. The van der Waals surface area contributed by atoms with Crippen LogP contribution in [0.5, 0.6) is 0 Å². The molecule has 1 saturated heterocycles. The molecule has 1 aliphatic heterocycles. The highest BCUT2D eigenvalue weighted by atomic mass is 35.5. The molecule has 0 saturated carbocycles. The first-order valence-electron chi connectivity index (χ1n) is 6.97. The van der Waals surface area contributed by atoms with Gasteiger partial charge < -0.3 is 5.73 Å². The maximum atomic E-state index is 12.5. The SMILES string of the molecule is CC(N)C1CCCN(S(=O)(=O)Cc2ccc(Cl)c(Cl)c2)C1. The van der Waals surface area contributed by atoms with Crippen LogP contribution in [-0.4, -0.2) is 31.9 Å². The molecule has 21 heavy (non-hydrogen) atoms. The lowest BCUT2D eigenvalue weighted by Gasteiger charge is -2.33. The van der Waals surface area contributed by atoms with Gasteiger partial charge in [0.25, 0.3) is 0 Å². The van der Waals surface area contributed by atoms with Crippen LogP contribution < -0.4 is 5.73 Å². The minimum absolute atomic E-state index is 0.00739. The van der Waals surface area contributed by atoms with Gasteiger partial charge in [-0.2, -0.15) is 0 Å². The minimum atomic E-state index is -3.36. The fourth-order valence-electron chi connectivity index (χ4n) is 2.59. The maximum Gasteiger partial charge on any atom is 0.218 e. The first kappa shape index (κ1) is 17.0. The van der Waals surface area contributed by atoms with E-state index in [1.807, 2.05) is 6.92 Å². The number of nitrogens with two attached hydrogens (primary N) is 1. The van der Waals surface area contributed by atoms with Gasteiger partial charge in [0.2, 0.25) is 10.0 Å². The summed E-state index contributed by atoms with van der Waals surface area (Å²) in [7, 11) is -3.36. The van der Waals surface area contributed by atoms with Crippen LogP contribution in [0, 0.1) is 5.92 Å². The summed E-state index contributed by atoms with van der Waals surface area (Å²) in [6, 6.07) is 4.93. The molecular formula is C14H20Cl2N2O2S. The highest BCUT2D eigenvalue weighted by molar-refractivity contribution is 7.88. The summed E-state index contributed by atoms with van der Waals surface area (Å²) in [5.41, 5.74) is 6.55. The van der Waals surface area contributed by atoms with Gasteiger partial charge in [-0.1, -0.05) is 29.3 Å². The number of piperidine rings is 1. The molecule has 2 atom stereocenters. The van der Waals surface area contributed by atoms with E-state index in [9.17, 15) is 8.42 Å². The summed E-state index contributed by atoms with van der Waals surface area (Å²) >= 11 is 11.8. The average molecular weight is 351 g/mol. The van der Waals surface area contributed by atoms with Crippen LogP contribution in [0.15, 0.2) is 18.2 Å². The average Bonchev–Trinajstić information content (AvgIpc) is 2.43. The van der Waals surface area contributed by atoms with Gasteiger partial charge in [-0.05, 0) is 43.4 Å². The van der Waals surface area contributed by atoms with Crippen LogP contribution in [0.2, 0.25) is 10.0 Å². The lowest BCUT2D eigenvalue weighted by atomic mass is 9.93. The summed E-state index contributed by atoms with van der Waals surface area (Å²) in [5.74, 6) is 0.164. The number of halogens is 2. The summed E-state index contributed by atoms with van der Waals surface area (Å²) in [5, 5.41) is 0.796. The van der Waals surface area contributed by atoms with E-state index in [4.69, 9.17) is 28.9 Å². The molecule has 2 unspecified atom stereocenters. The Morgan fingerprint density at radius 2 is 2.10 bits per heavy atom. The van der Waals surface area contributed by atoms with Crippen LogP contribution in [-0.2, 0) is 15.8 Å². The van der Waals surface area contributed by atoms with Crippen molar-refractivity contribution in [2.45, 2.75) is 31.6 Å². The zero-order valence-electron chi connectivity index (χ0n) is 11.9. The third-order valence-corrected chi connectivity index (χ3v) is 6.45. The summed E-state index contributed by atoms with van der Waals surface area (Å²) in [6.45, 7) is 2.99. The lowest BCUT2D eigenvalue weighted by Crippen LogP contribution is -2.45. The second kappa shape index (κ2) is 6.84. The van der Waals surface area contributed by atoms with Gasteiger partial charge >= 0.3 is 0 Å². The topological polar surface area (TPSA) is 63.4 Å². The molecule has 2 rings (SSSR count). The zero-order valence-corrected chi connectivity index (χ0v) is 14.3. The Bertz CT molecular complexity index is 605. The van der Waals surface area contributed by atoms with Crippen molar-refractivity contribution in [1.29, 1.82) is 0 Å². The van der Waals surface area contributed by atoms with Gasteiger partial charge in [-0.3, -0.25) is 0 Å². The van der Waals surface area contributed by atoms with E-state index >= 15 is 0 Å². The van der Waals surface area contributed by atoms with Crippen molar-refractivity contribution in [2.24, 2.45) is 11.7 Å². The van der Waals surface area contributed by atoms with Gasteiger partial charge in [0, 0.05) is 19.1 Å². The quantitative estimate of drug-likeness (QED) is 0.907. The molecule has 2 N–H and O–H groups in total. The summed E-state index contributed by atoms with van der Waals surface area (Å²) < 4.78 is 26.6. The van der Waals surface area contributed by atoms with E-state index in [-0.39, 0.29) is 17.7 Å². The van der Waals surface area contributed by atoms with Gasteiger partial charge in [0.1, 0.15) is 0 Å². The predicted octanol–water partition coefficient (Wildman–Crippen LogP) is 2.88. The molecule has 7 heteroatoms. The van der Waals surface area contributed by atoms with Crippen molar-refractivity contribution in [3.63, 3.8) is 0 Å². The monoisotopic (exact) mass is 350 g/mol. The summed E-state index contributed by atoms with van der Waals surface area (Å²) in [6.07, 6.45) is 1.84. The van der Waals surface area contributed by atoms with E-state index in [1.165, 1.54) is 0 Å². The van der Waals surface area contributed by atoms with Gasteiger partial charge in [0.05, 0.1) is 15.8 Å². The van der Waals surface area contributed by atoms with E-state index in [0.29, 0.717) is 28.7 Å². The van der Waals surface area contributed by atoms with Crippen LogP contribution in [0.3, 0.4) is 0 Å². The molecule has 1 heterocycles. The molecule has 4 nitrogen and oxygen atoms in total. The second-order valence-electron chi connectivity index (χ2n) is 5.62. The third kappa shape index (κ3) is 4.33. The number of benzene rings is 1. The maximum absolute atomic E-state index is 12.5. The Labute approximate surface area is 136 Å². The standard InChI is InChI=1S/C14H20Cl2N2O2S/c1-10(17)12-3-2-6-18(8-12)21(19,20)9-11-4-5-13(15)14(16)7-11/h4-5,7,10,12H,2-3,6,8-9,17H2,1H3. The fourth-order valence-corrected chi connectivity index (χ4v) is 4.52. The Kier molecular flexibility index (Phi) is 5.54. The van der Waals surface area contributed by atoms with Crippen molar-refractivity contribution < 1.29 is 8.42 Å². The highest BCUT2D eigenvalue weighted by Crippen LogP contribution is 2.26. The fraction of sp³-hybridized carbons (Fsp3) is 0.571. The van der Waals surface area contributed by atoms with Crippen molar-refractivity contribution in [1.82, 2.24) is 4.31 Å². The van der Waals surface area contributed by atoms with Crippen LogP contribution in [0.4, 0.5) is 0 Å². The van der Waals surface area contributed by atoms with Gasteiger partial charge in [0.15, 0.2) is 0 Å². The molecule has 0 spiro atoms. The second-order valence-corrected chi connectivity index (χ2v) is 8.41. The Hall–Kier alpha value is -0.330. The molecule has 1 aromatic carbocycles. The Balaban J connectivity index is 2.12. The third-order valence-electron chi connectivity index (χ3n) is 3.89. The van der Waals surface area contributed by atoms with E-state index in [2.05, 4.69) is 0 Å². The molecule has 118 valence electrons. The van der Waals surface area contributed by atoms with Gasteiger partial charge in [-0.25, -0.2) is 12.7 Å². The number of nitrogens with zero attached hydrogens (tertiary/aromatic N) is 1. The smallest absolute Gasteiger partial charge is 0.218 e. The molecule has 0 bridgehead atoms. The Morgan fingerprint density at radius 1 is 1.38 bits per heavy atom. The van der Waals surface area contributed by atoms with Crippen LogP contribution in [0.25, 0.3) is 0 Å². The molecule has 1 fully saturated rings. The van der Waals surface area contributed by atoms with Crippen molar-refractivity contribution in [3.8, 4) is 0 Å². The predicted molar refractivity (Wildman–Crippen MR) is 87.0 cm³/mol. The lowest BCUT2D eigenvalue weighted by molar-refractivity contribution is 0.243. The molecular weight excluding hydrogens is 331 g/mol. The van der Waals surface area contributed by atoms with Crippen LogP contribution >= 0.6 is 23.2 Å². The first-order valence-corrected chi connectivity index (χ1v) is 9.33. The van der Waals surface area contributed by atoms with Crippen LogP contribution in [0.1, 0.15) is 25.3 Å². The largest absolute Gasteiger partial charge is 0.328 e. The number of rotatable bonds is 4. The van der Waals surface area contributed by atoms with Gasteiger partial charge in [-0.15, -0.1) is 0 Å². The molecule has 1 aliphatic rings. The molecule has 0 aromatic heterocycles. The van der Waals surface area contributed by atoms with Crippen molar-refractivity contribution >= 4 is 33.2 Å².